The fraction of sp³-hybridized carbons (Fsp3) is 0.625. The van der Waals surface area contributed by atoms with Crippen LogP contribution in [0.3, 0.4) is 0 Å². The van der Waals surface area contributed by atoms with E-state index in [1.807, 2.05) is 0 Å². The fourth-order valence-corrected chi connectivity index (χ4v) is 2.66. The number of hydrogen-bond acceptors (Lipinski definition) is 4. The summed E-state index contributed by atoms with van der Waals surface area (Å²) in [4.78, 5) is 6.40. The summed E-state index contributed by atoms with van der Waals surface area (Å²) in [5.41, 5.74) is 0.565. The zero-order chi connectivity index (χ0) is 14.2. The molecule has 4 nitrogen and oxygen atoms in total. The molecule has 0 saturated carbocycles. The van der Waals surface area contributed by atoms with Crippen LogP contribution in [-0.4, -0.2) is 36.6 Å². The first kappa shape index (κ1) is 14.8. The van der Waals surface area contributed by atoms with Gasteiger partial charge in [-0.05, 0) is 57.8 Å². The number of piperidine rings is 1. The van der Waals surface area contributed by atoms with Crippen LogP contribution >= 0.6 is 0 Å². The second kappa shape index (κ2) is 7.86. The van der Waals surface area contributed by atoms with Crippen molar-refractivity contribution in [1.82, 2.24) is 9.88 Å². The number of unbranched alkanes of at least 4 members (excludes halogenated alkanes) is 1. The second-order valence-electron chi connectivity index (χ2n) is 5.57. The van der Waals surface area contributed by atoms with Gasteiger partial charge in [0.05, 0.1) is 18.4 Å². The van der Waals surface area contributed by atoms with Crippen LogP contribution in [0.15, 0.2) is 18.5 Å². The number of rotatable bonds is 6. The van der Waals surface area contributed by atoms with E-state index in [0.29, 0.717) is 17.9 Å². The molecule has 0 aliphatic carbocycles. The summed E-state index contributed by atoms with van der Waals surface area (Å²) in [7, 11) is 2.20. The lowest BCUT2D eigenvalue weighted by Crippen LogP contribution is -2.30. The van der Waals surface area contributed by atoms with E-state index in [9.17, 15) is 0 Å². The number of hydrogen-bond donors (Lipinski definition) is 0. The molecule has 1 fully saturated rings. The summed E-state index contributed by atoms with van der Waals surface area (Å²) in [5.74, 6) is 1.49. The number of ether oxygens (including phenoxy) is 1. The fourth-order valence-electron chi connectivity index (χ4n) is 2.66. The first-order chi connectivity index (χ1) is 9.79. The molecule has 4 heteroatoms. The molecule has 0 N–H and O–H groups in total. The third kappa shape index (κ3) is 4.50. The number of likely N-dealkylation sites (tertiary alicyclic amines) is 1. The quantitative estimate of drug-likeness (QED) is 0.748. The van der Waals surface area contributed by atoms with Crippen molar-refractivity contribution in [3.05, 3.63) is 24.0 Å². The van der Waals surface area contributed by atoms with E-state index in [1.165, 1.54) is 38.8 Å². The van der Waals surface area contributed by atoms with Crippen molar-refractivity contribution < 1.29 is 4.74 Å². The Balaban J connectivity index is 1.61. The summed E-state index contributed by atoms with van der Waals surface area (Å²) in [6, 6.07) is 3.81. The van der Waals surface area contributed by atoms with Crippen molar-refractivity contribution in [2.24, 2.45) is 5.92 Å². The van der Waals surface area contributed by atoms with Gasteiger partial charge in [-0.15, -0.1) is 0 Å². The van der Waals surface area contributed by atoms with Gasteiger partial charge in [-0.2, -0.15) is 5.26 Å². The minimum absolute atomic E-state index is 0.565. The largest absolute Gasteiger partial charge is 0.491 e. The Morgan fingerprint density at radius 1 is 1.40 bits per heavy atom. The molecule has 20 heavy (non-hydrogen) atoms. The predicted octanol–water partition coefficient (Wildman–Crippen LogP) is 2.84. The summed E-state index contributed by atoms with van der Waals surface area (Å²) >= 11 is 0. The van der Waals surface area contributed by atoms with Crippen LogP contribution in [0.4, 0.5) is 0 Å². The number of nitriles is 1. The second-order valence-corrected chi connectivity index (χ2v) is 5.57. The minimum Gasteiger partial charge on any atom is -0.491 e. The van der Waals surface area contributed by atoms with Crippen LogP contribution < -0.4 is 4.74 Å². The van der Waals surface area contributed by atoms with E-state index in [2.05, 4.69) is 23.0 Å². The maximum atomic E-state index is 8.95. The molecule has 2 rings (SSSR count). The van der Waals surface area contributed by atoms with Gasteiger partial charge < -0.3 is 9.64 Å². The van der Waals surface area contributed by atoms with Gasteiger partial charge in [0.15, 0.2) is 5.75 Å². The van der Waals surface area contributed by atoms with E-state index < -0.39 is 0 Å². The van der Waals surface area contributed by atoms with Gasteiger partial charge in [-0.25, -0.2) is 0 Å². The van der Waals surface area contributed by atoms with Crippen LogP contribution in [0.1, 0.15) is 37.7 Å². The summed E-state index contributed by atoms with van der Waals surface area (Å²) in [5, 5.41) is 8.95. The molecule has 0 atom stereocenters. The Hall–Kier alpha value is -1.60. The summed E-state index contributed by atoms with van der Waals surface area (Å²) in [6.07, 6.45) is 9.45. The highest BCUT2D eigenvalue weighted by atomic mass is 16.5. The highest BCUT2D eigenvalue weighted by molar-refractivity contribution is 5.40. The van der Waals surface area contributed by atoms with E-state index in [0.717, 1.165) is 12.3 Å². The van der Waals surface area contributed by atoms with Crippen molar-refractivity contribution in [3.63, 3.8) is 0 Å². The zero-order valence-electron chi connectivity index (χ0n) is 12.2. The Morgan fingerprint density at radius 3 is 2.95 bits per heavy atom. The maximum Gasteiger partial charge on any atom is 0.155 e. The molecule has 0 aromatic carbocycles. The van der Waals surface area contributed by atoms with Gasteiger partial charge >= 0.3 is 0 Å². The highest BCUT2D eigenvalue weighted by Crippen LogP contribution is 2.22. The average Bonchev–Trinajstić information content (AvgIpc) is 2.49. The van der Waals surface area contributed by atoms with Crippen LogP contribution in [-0.2, 0) is 0 Å². The van der Waals surface area contributed by atoms with Gasteiger partial charge in [0.2, 0.25) is 0 Å². The van der Waals surface area contributed by atoms with Crippen molar-refractivity contribution in [3.8, 4) is 11.8 Å². The lowest BCUT2D eigenvalue weighted by Gasteiger charge is -2.28. The van der Waals surface area contributed by atoms with Crippen molar-refractivity contribution in [2.45, 2.75) is 32.1 Å². The minimum atomic E-state index is 0.565. The third-order valence-electron chi connectivity index (χ3n) is 4.01. The maximum absolute atomic E-state index is 8.95. The first-order valence-electron chi connectivity index (χ1n) is 7.45. The van der Waals surface area contributed by atoms with Crippen molar-refractivity contribution in [2.75, 3.05) is 26.7 Å². The average molecular weight is 273 g/mol. The van der Waals surface area contributed by atoms with Gasteiger partial charge in [0.25, 0.3) is 0 Å². The number of aromatic nitrogens is 1. The smallest absolute Gasteiger partial charge is 0.155 e. The van der Waals surface area contributed by atoms with Crippen molar-refractivity contribution >= 4 is 0 Å². The van der Waals surface area contributed by atoms with Gasteiger partial charge in [-0.1, -0.05) is 6.42 Å². The van der Waals surface area contributed by atoms with E-state index in [4.69, 9.17) is 10.00 Å². The van der Waals surface area contributed by atoms with Gasteiger partial charge in [0, 0.05) is 6.20 Å². The van der Waals surface area contributed by atoms with Crippen molar-refractivity contribution in [1.29, 1.82) is 5.26 Å². The highest BCUT2D eigenvalue weighted by Gasteiger charge is 2.15. The molecule has 0 amide bonds. The molecule has 0 unspecified atom stereocenters. The molecule has 0 spiro atoms. The Bertz CT molecular complexity index is 447. The Labute approximate surface area is 121 Å². The molecule has 0 bridgehead atoms. The van der Waals surface area contributed by atoms with E-state index in [1.54, 1.807) is 18.5 Å². The predicted molar refractivity (Wildman–Crippen MR) is 78.5 cm³/mol. The molecule has 2 heterocycles. The van der Waals surface area contributed by atoms with E-state index in [-0.39, 0.29) is 0 Å². The summed E-state index contributed by atoms with van der Waals surface area (Å²) < 4.78 is 5.64. The standard InChI is InChI=1S/C16H23N3O/c1-19-9-6-14(7-10-19)4-2-3-11-20-16-13-18-8-5-15(16)12-17/h5,8,13-14H,2-4,6-7,9-11H2,1H3. The molecule has 1 aromatic rings. The Kier molecular flexibility index (Phi) is 5.82. The monoisotopic (exact) mass is 273 g/mol. The van der Waals surface area contributed by atoms with Crippen LogP contribution in [0.5, 0.6) is 5.75 Å². The zero-order valence-corrected chi connectivity index (χ0v) is 12.2. The number of pyridine rings is 1. The van der Waals surface area contributed by atoms with Gasteiger partial charge in [-0.3, -0.25) is 4.98 Å². The molecule has 108 valence electrons. The molecular weight excluding hydrogens is 250 g/mol. The molecule has 1 saturated heterocycles. The van der Waals surface area contributed by atoms with Crippen LogP contribution in [0, 0.1) is 17.2 Å². The third-order valence-corrected chi connectivity index (χ3v) is 4.01. The van der Waals surface area contributed by atoms with Gasteiger partial charge in [0.1, 0.15) is 6.07 Å². The Morgan fingerprint density at radius 2 is 2.20 bits per heavy atom. The lowest BCUT2D eigenvalue weighted by atomic mass is 9.92. The van der Waals surface area contributed by atoms with Crippen LogP contribution in [0.25, 0.3) is 0 Å². The molecular formula is C16H23N3O. The number of nitrogens with zero attached hydrogens (tertiary/aromatic N) is 3. The van der Waals surface area contributed by atoms with Crippen LogP contribution in [0.2, 0.25) is 0 Å². The topological polar surface area (TPSA) is 49.1 Å². The van der Waals surface area contributed by atoms with E-state index >= 15 is 0 Å². The lowest BCUT2D eigenvalue weighted by molar-refractivity contribution is 0.206. The SMILES string of the molecule is CN1CCC(CCCCOc2cnccc2C#N)CC1. The normalized spacial score (nSPS) is 16.8. The molecule has 1 aliphatic heterocycles. The summed E-state index contributed by atoms with van der Waals surface area (Å²) in [6.45, 7) is 3.15. The molecule has 1 aromatic heterocycles. The molecule has 1 aliphatic rings. The molecule has 0 radical (unpaired) electrons. The first-order valence-corrected chi connectivity index (χ1v) is 7.45.